The van der Waals surface area contributed by atoms with Crippen LogP contribution in [0, 0.1) is 0 Å². The van der Waals surface area contributed by atoms with E-state index in [1.165, 1.54) is 16.7 Å². The molecule has 1 aliphatic heterocycles. The summed E-state index contributed by atoms with van der Waals surface area (Å²) in [5.41, 5.74) is 4.75. The van der Waals surface area contributed by atoms with Gasteiger partial charge >= 0.3 is 0 Å². The summed E-state index contributed by atoms with van der Waals surface area (Å²) in [6.45, 7) is 3.29. The van der Waals surface area contributed by atoms with E-state index in [0.29, 0.717) is 18.0 Å². The number of hydrogen-bond donors (Lipinski definition) is 0. The van der Waals surface area contributed by atoms with E-state index in [2.05, 4.69) is 27.1 Å². The minimum Gasteiger partial charge on any atom is -0.295 e. The smallest absolute Gasteiger partial charge is 0.243 e. The molecule has 2 aromatic heterocycles. The van der Waals surface area contributed by atoms with Gasteiger partial charge in [-0.15, -0.1) is 11.3 Å². The predicted octanol–water partition coefficient (Wildman–Crippen LogP) is 3.87. The second kappa shape index (κ2) is 7.92. The van der Waals surface area contributed by atoms with Crippen molar-refractivity contribution in [2.45, 2.75) is 30.7 Å². The molecule has 0 amide bonds. The number of thiophene rings is 1. The van der Waals surface area contributed by atoms with Gasteiger partial charge in [-0.05, 0) is 54.0 Å². The van der Waals surface area contributed by atoms with Gasteiger partial charge in [-0.3, -0.25) is 4.90 Å². The van der Waals surface area contributed by atoms with Gasteiger partial charge in [-0.25, -0.2) is 13.4 Å². The van der Waals surface area contributed by atoms with Crippen molar-refractivity contribution in [2.75, 3.05) is 26.2 Å². The van der Waals surface area contributed by atoms with Gasteiger partial charge in [0.25, 0.3) is 0 Å². The molecule has 1 saturated heterocycles. The standard InChI is InChI=1S/C21H23N3O2S3/c25-29(26,20-5-4-16-2-1-3-17(16)12-20)24-9-7-23(8-10-24)13-19-15-28-21(22-19)18-6-11-27-14-18/h4-6,11-12,14-15H,1-3,7-10,13H2. The molecular formula is C21H23N3O2S3. The first-order valence-electron chi connectivity index (χ1n) is 9.91. The third kappa shape index (κ3) is 3.92. The second-order valence-electron chi connectivity index (χ2n) is 7.62. The highest BCUT2D eigenvalue weighted by molar-refractivity contribution is 7.89. The highest BCUT2D eigenvalue weighted by Gasteiger charge is 2.29. The second-order valence-corrected chi connectivity index (χ2v) is 11.2. The number of benzene rings is 1. The van der Waals surface area contributed by atoms with Gasteiger partial charge < -0.3 is 0 Å². The Morgan fingerprint density at radius 3 is 2.62 bits per heavy atom. The summed E-state index contributed by atoms with van der Waals surface area (Å²) in [6.07, 6.45) is 3.19. The molecule has 0 atom stereocenters. The van der Waals surface area contributed by atoms with Crippen molar-refractivity contribution < 1.29 is 8.42 Å². The third-order valence-corrected chi connectivity index (χ3v) is 9.26. The van der Waals surface area contributed by atoms with E-state index in [1.54, 1.807) is 33.0 Å². The highest BCUT2D eigenvalue weighted by atomic mass is 32.2. The third-order valence-electron chi connectivity index (χ3n) is 5.74. The number of nitrogens with zero attached hydrogens (tertiary/aromatic N) is 3. The fraction of sp³-hybridized carbons (Fsp3) is 0.381. The van der Waals surface area contributed by atoms with Gasteiger partial charge in [0.1, 0.15) is 5.01 Å². The monoisotopic (exact) mass is 445 g/mol. The molecule has 0 saturated carbocycles. The zero-order valence-electron chi connectivity index (χ0n) is 16.1. The average Bonchev–Trinajstić information content (AvgIpc) is 3.48. The van der Waals surface area contributed by atoms with E-state index in [1.807, 2.05) is 12.1 Å². The largest absolute Gasteiger partial charge is 0.295 e. The van der Waals surface area contributed by atoms with E-state index >= 15 is 0 Å². The lowest BCUT2D eigenvalue weighted by molar-refractivity contribution is 0.180. The molecule has 1 aromatic carbocycles. The van der Waals surface area contributed by atoms with Crippen LogP contribution in [-0.2, 0) is 29.4 Å². The summed E-state index contributed by atoms with van der Waals surface area (Å²) in [6, 6.07) is 7.77. The molecule has 1 fully saturated rings. The number of thiazole rings is 1. The minimum absolute atomic E-state index is 0.450. The molecule has 0 N–H and O–H groups in total. The Kier molecular flexibility index (Phi) is 5.30. The van der Waals surface area contributed by atoms with Crippen LogP contribution in [0.4, 0.5) is 0 Å². The lowest BCUT2D eigenvalue weighted by atomic mass is 10.1. The normalized spacial score (nSPS) is 18.2. The molecule has 3 heterocycles. The first-order valence-corrected chi connectivity index (χ1v) is 13.2. The predicted molar refractivity (Wildman–Crippen MR) is 118 cm³/mol. The van der Waals surface area contributed by atoms with Gasteiger partial charge in [0.05, 0.1) is 10.6 Å². The molecule has 0 bridgehead atoms. The topological polar surface area (TPSA) is 53.5 Å². The SMILES string of the molecule is O=S(=O)(c1ccc2c(c1)CCC2)N1CCN(Cc2csc(-c3ccsc3)n2)CC1. The van der Waals surface area contributed by atoms with Gasteiger partial charge in [-0.2, -0.15) is 15.6 Å². The van der Waals surface area contributed by atoms with E-state index in [-0.39, 0.29) is 0 Å². The first kappa shape index (κ1) is 19.4. The summed E-state index contributed by atoms with van der Waals surface area (Å²) in [5, 5.41) is 7.35. The van der Waals surface area contributed by atoms with Crippen molar-refractivity contribution >= 4 is 32.7 Å². The number of aromatic nitrogens is 1. The van der Waals surface area contributed by atoms with Crippen LogP contribution in [0.25, 0.3) is 10.6 Å². The van der Waals surface area contributed by atoms with Crippen LogP contribution in [-0.4, -0.2) is 48.8 Å². The van der Waals surface area contributed by atoms with Crippen molar-refractivity contribution in [1.29, 1.82) is 0 Å². The Labute approximate surface area is 179 Å². The molecule has 29 heavy (non-hydrogen) atoms. The number of aryl methyl sites for hydroxylation is 2. The maximum absolute atomic E-state index is 13.1. The molecular weight excluding hydrogens is 422 g/mol. The molecule has 152 valence electrons. The van der Waals surface area contributed by atoms with Gasteiger partial charge in [0.2, 0.25) is 10.0 Å². The Balaban J connectivity index is 1.22. The van der Waals surface area contributed by atoms with Crippen LogP contribution in [0.1, 0.15) is 23.2 Å². The number of hydrogen-bond acceptors (Lipinski definition) is 6. The van der Waals surface area contributed by atoms with Crippen LogP contribution in [0.15, 0.2) is 45.3 Å². The highest BCUT2D eigenvalue weighted by Crippen LogP contribution is 2.28. The summed E-state index contributed by atoms with van der Waals surface area (Å²) in [5.74, 6) is 0. The molecule has 2 aliphatic rings. The first-order chi connectivity index (χ1) is 14.1. The summed E-state index contributed by atoms with van der Waals surface area (Å²) in [7, 11) is -3.41. The van der Waals surface area contributed by atoms with E-state index in [4.69, 9.17) is 4.98 Å². The summed E-state index contributed by atoms with van der Waals surface area (Å²) >= 11 is 3.35. The van der Waals surface area contributed by atoms with Crippen molar-refractivity contribution in [3.63, 3.8) is 0 Å². The van der Waals surface area contributed by atoms with Crippen LogP contribution >= 0.6 is 22.7 Å². The molecule has 1 aliphatic carbocycles. The number of rotatable bonds is 5. The summed E-state index contributed by atoms with van der Waals surface area (Å²) in [4.78, 5) is 7.49. The minimum atomic E-state index is -3.41. The fourth-order valence-corrected chi connectivity index (χ4v) is 7.11. The quantitative estimate of drug-likeness (QED) is 0.598. The Hall–Kier alpha value is -1.58. The molecule has 3 aromatic rings. The molecule has 0 unspecified atom stereocenters. The number of fused-ring (bicyclic) bond motifs is 1. The van der Waals surface area contributed by atoms with Crippen molar-refractivity contribution in [3.05, 3.63) is 57.2 Å². The average molecular weight is 446 g/mol. The van der Waals surface area contributed by atoms with Crippen molar-refractivity contribution in [3.8, 4) is 10.6 Å². The summed E-state index contributed by atoms with van der Waals surface area (Å²) < 4.78 is 27.8. The van der Waals surface area contributed by atoms with Gasteiger partial charge in [0.15, 0.2) is 0 Å². The molecule has 5 nitrogen and oxygen atoms in total. The maximum Gasteiger partial charge on any atom is 0.243 e. The van der Waals surface area contributed by atoms with Crippen molar-refractivity contribution in [1.82, 2.24) is 14.2 Å². The van der Waals surface area contributed by atoms with Crippen LogP contribution in [0.5, 0.6) is 0 Å². The number of piperazine rings is 1. The lowest BCUT2D eigenvalue weighted by Gasteiger charge is -2.33. The van der Waals surface area contributed by atoms with Crippen molar-refractivity contribution in [2.24, 2.45) is 0 Å². The number of sulfonamides is 1. The fourth-order valence-electron chi connectivity index (χ4n) is 4.11. The maximum atomic E-state index is 13.1. The molecule has 5 rings (SSSR count). The molecule has 0 spiro atoms. The van der Waals surface area contributed by atoms with Crippen LogP contribution in [0.3, 0.4) is 0 Å². The zero-order valence-corrected chi connectivity index (χ0v) is 18.5. The van der Waals surface area contributed by atoms with E-state index in [9.17, 15) is 8.42 Å². The van der Waals surface area contributed by atoms with Crippen LogP contribution in [0.2, 0.25) is 0 Å². The molecule has 8 heteroatoms. The van der Waals surface area contributed by atoms with E-state index < -0.39 is 10.0 Å². The molecule has 0 radical (unpaired) electrons. The van der Waals surface area contributed by atoms with Gasteiger partial charge in [0, 0.05) is 49.0 Å². The zero-order chi connectivity index (χ0) is 19.8. The lowest BCUT2D eigenvalue weighted by Crippen LogP contribution is -2.48. The Bertz CT molecular complexity index is 1100. The van der Waals surface area contributed by atoms with E-state index in [0.717, 1.165) is 49.6 Å². The Morgan fingerprint density at radius 2 is 1.83 bits per heavy atom. The van der Waals surface area contributed by atoms with Crippen LogP contribution < -0.4 is 0 Å². The Morgan fingerprint density at radius 1 is 1.00 bits per heavy atom. The van der Waals surface area contributed by atoms with Gasteiger partial charge in [-0.1, -0.05) is 6.07 Å².